The molecular weight excluding hydrogens is 162 g/mol. The van der Waals surface area contributed by atoms with E-state index >= 15 is 0 Å². The highest BCUT2D eigenvalue weighted by molar-refractivity contribution is 5.07. The van der Waals surface area contributed by atoms with Gasteiger partial charge in [-0.25, -0.2) is 4.98 Å². The molecule has 2 aliphatic rings. The second-order valence-corrected chi connectivity index (χ2v) is 4.13. The van der Waals surface area contributed by atoms with E-state index in [2.05, 4.69) is 21.1 Å². The van der Waals surface area contributed by atoms with Crippen LogP contribution in [0.25, 0.3) is 0 Å². The summed E-state index contributed by atoms with van der Waals surface area (Å²) in [4.78, 5) is 4.48. The zero-order valence-electron chi connectivity index (χ0n) is 7.74. The van der Waals surface area contributed by atoms with Crippen molar-refractivity contribution >= 4 is 0 Å². The van der Waals surface area contributed by atoms with Gasteiger partial charge in [0, 0.05) is 24.9 Å². The van der Waals surface area contributed by atoms with Crippen molar-refractivity contribution in [3.8, 4) is 0 Å². The largest absolute Gasteiger partial charge is 0.335 e. The standard InChI is InChI=1S/C10H15N3/c1-3-11-7-8-2-5-13-6-4-12-10(13)9(1)8/h4,6,8-9,11H,1-3,5,7H2. The summed E-state index contributed by atoms with van der Waals surface area (Å²) < 4.78 is 2.33. The van der Waals surface area contributed by atoms with Crippen LogP contribution in [0.2, 0.25) is 0 Å². The SMILES string of the molecule is c1cn2c(n1)C1CCNCC1CC2. The summed E-state index contributed by atoms with van der Waals surface area (Å²) in [5.74, 6) is 2.89. The van der Waals surface area contributed by atoms with E-state index < -0.39 is 0 Å². The van der Waals surface area contributed by atoms with Crippen LogP contribution in [0, 0.1) is 5.92 Å². The molecular formula is C10H15N3. The number of hydrogen-bond acceptors (Lipinski definition) is 2. The molecule has 2 atom stereocenters. The normalized spacial score (nSPS) is 32.3. The minimum absolute atomic E-state index is 0.727. The van der Waals surface area contributed by atoms with Gasteiger partial charge in [-0.2, -0.15) is 0 Å². The molecule has 0 radical (unpaired) electrons. The van der Waals surface area contributed by atoms with E-state index in [4.69, 9.17) is 0 Å². The van der Waals surface area contributed by atoms with E-state index in [0.29, 0.717) is 0 Å². The lowest BCUT2D eigenvalue weighted by Crippen LogP contribution is -2.39. The van der Waals surface area contributed by atoms with E-state index in [1.807, 2.05) is 6.20 Å². The number of piperidine rings is 1. The summed E-state index contributed by atoms with van der Waals surface area (Å²) >= 11 is 0. The van der Waals surface area contributed by atoms with Gasteiger partial charge in [0.15, 0.2) is 0 Å². The Morgan fingerprint density at radius 1 is 1.46 bits per heavy atom. The number of nitrogens with zero attached hydrogens (tertiary/aromatic N) is 2. The fourth-order valence-electron chi connectivity index (χ4n) is 2.71. The molecule has 1 aromatic rings. The summed E-state index contributed by atoms with van der Waals surface area (Å²) in [6.45, 7) is 3.52. The van der Waals surface area contributed by atoms with E-state index in [-0.39, 0.29) is 0 Å². The van der Waals surface area contributed by atoms with E-state index in [9.17, 15) is 0 Å². The molecule has 1 aromatic heterocycles. The maximum Gasteiger partial charge on any atom is 0.112 e. The first-order valence-corrected chi connectivity index (χ1v) is 5.17. The summed E-state index contributed by atoms with van der Waals surface area (Å²) in [5.41, 5.74) is 0. The van der Waals surface area contributed by atoms with Gasteiger partial charge in [-0.3, -0.25) is 0 Å². The van der Waals surface area contributed by atoms with Crippen LogP contribution in [0.1, 0.15) is 24.6 Å². The van der Waals surface area contributed by atoms with Crippen molar-refractivity contribution < 1.29 is 0 Å². The van der Waals surface area contributed by atoms with Crippen molar-refractivity contribution in [3.63, 3.8) is 0 Å². The molecule has 0 aliphatic carbocycles. The Morgan fingerprint density at radius 2 is 2.46 bits per heavy atom. The van der Waals surface area contributed by atoms with Crippen LogP contribution in [-0.2, 0) is 6.54 Å². The number of rotatable bonds is 0. The number of nitrogens with one attached hydrogen (secondary N) is 1. The lowest BCUT2D eigenvalue weighted by atomic mass is 9.81. The van der Waals surface area contributed by atoms with Crippen LogP contribution in [0.5, 0.6) is 0 Å². The fraction of sp³-hybridized carbons (Fsp3) is 0.700. The Bertz CT molecular complexity index is 305. The minimum Gasteiger partial charge on any atom is -0.335 e. The van der Waals surface area contributed by atoms with Crippen LogP contribution in [-0.4, -0.2) is 22.6 Å². The summed E-state index contributed by atoms with van der Waals surface area (Å²) in [5, 5.41) is 3.47. The molecule has 2 aliphatic heterocycles. The molecule has 3 heterocycles. The van der Waals surface area contributed by atoms with Gasteiger partial charge < -0.3 is 9.88 Å². The first-order valence-electron chi connectivity index (χ1n) is 5.17. The number of imidazole rings is 1. The zero-order valence-corrected chi connectivity index (χ0v) is 7.74. The highest BCUT2D eigenvalue weighted by Crippen LogP contribution is 2.35. The molecule has 3 rings (SSSR count). The Kier molecular flexibility index (Phi) is 1.65. The van der Waals surface area contributed by atoms with Gasteiger partial charge in [0.1, 0.15) is 5.82 Å². The van der Waals surface area contributed by atoms with Crippen LogP contribution < -0.4 is 5.32 Å². The highest BCUT2D eigenvalue weighted by atomic mass is 15.1. The summed E-state index contributed by atoms with van der Waals surface area (Å²) in [7, 11) is 0. The topological polar surface area (TPSA) is 29.9 Å². The van der Waals surface area contributed by atoms with E-state index in [0.717, 1.165) is 24.9 Å². The molecule has 3 heteroatoms. The average Bonchev–Trinajstić information content (AvgIpc) is 2.65. The lowest BCUT2D eigenvalue weighted by Gasteiger charge is -2.35. The first kappa shape index (κ1) is 7.56. The van der Waals surface area contributed by atoms with Gasteiger partial charge in [0.05, 0.1) is 0 Å². The van der Waals surface area contributed by atoms with Crippen LogP contribution in [0.4, 0.5) is 0 Å². The van der Waals surface area contributed by atoms with Crippen molar-refractivity contribution in [2.24, 2.45) is 5.92 Å². The van der Waals surface area contributed by atoms with Crippen molar-refractivity contribution in [3.05, 3.63) is 18.2 Å². The van der Waals surface area contributed by atoms with Crippen molar-refractivity contribution in [1.29, 1.82) is 0 Å². The quantitative estimate of drug-likeness (QED) is 0.640. The van der Waals surface area contributed by atoms with Crippen molar-refractivity contribution in [1.82, 2.24) is 14.9 Å². The molecule has 2 unspecified atom stereocenters. The molecule has 0 bridgehead atoms. The third-order valence-electron chi connectivity index (χ3n) is 3.43. The van der Waals surface area contributed by atoms with E-state index in [1.54, 1.807) is 0 Å². The van der Waals surface area contributed by atoms with Crippen LogP contribution in [0.15, 0.2) is 12.4 Å². The maximum atomic E-state index is 4.48. The van der Waals surface area contributed by atoms with Gasteiger partial charge in [-0.15, -0.1) is 0 Å². The van der Waals surface area contributed by atoms with Gasteiger partial charge in [0.2, 0.25) is 0 Å². The van der Waals surface area contributed by atoms with Gasteiger partial charge >= 0.3 is 0 Å². The molecule has 1 N–H and O–H groups in total. The number of hydrogen-bond donors (Lipinski definition) is 1. The molecule has 0 spiro atoms. The van der Waals surface area contributed by atoms with Crippen molar-refractivity contribution in [2.75, 3.05) is 13.1 Å². The monoisotopic (exact) mass is 177 g/mol. The first-order chi connectivity index (χ1) is 6.45. The average molecular weight is 177 g/mol. The Balaban J connectivity index is 1.97. The Labute approximate surface area is 78.2 Å². The third kappa shape index (κ3) is 1.10. The second-order valence-electron chi connectivity index (χ2n) is 4.13. The molecule has 0 aromatic carbocycles. The predicted molar refractivity (Wildman–Crippen MR) is 50.6 cm³/mol. The number of fused-ring (bicyclic) bond motifs is 3. The van der Waals surface area contributed by atoms with Crippen molar-refractivity contribution in [2.45, 2.75) is 25.3 Å². The minimum atomic E-state index is 0.727. The molecule has 0 amide bonds. The van der Waals surface area contributed by atoms with E-state index in [1.165, 1.54) is 25.2 Å². The summed E-state index contributed by atoms with van der Waals surface area (Å²) in [6, 6.07) is 0. The molecule has 70 valence electrons. The highest BCUT2D eigenvalue weighted by Gasteiger charge is 2.32. The maximum absolute atomic E-state index is 4.48. The number of aryl methyl sites for hydroxylation is 1. The van der Waals surface area contributed by atoms with Gasteiger partial charge in [-0.1, -0.05) is 0 Å². The fourth-order valence-corrected chi connectivity index (χ4v) is 2.71. The van der Waals surface area contributed by atoms with Gasteiger partial charge in [-0.05, 0) is 31.8 Å². The molecule has 1 saturated heterocycles. The Hall–Kier alpha value is -0.830. The molecule has 0 saturated carbocycles. The Morgan fingerprint density at radius 3 is 3.46 bits per heavy atom. The predicted octanol–water partition coefficient (Wildman–Crippen LogP) is 0.980. The summed E-state index contributed by atoms with van der Waals surface area (Å²) in [6.07, 6.45) is 6.65. The lowest BCUT2D eigenvalue weighted by molar-refractivity contribution is 0.252. The molecule has 3 nitrogen and oxygen atoms in total. The second kappa shape index (κ2) is 2.84. The molecule has 13 heavy (non-hydrogen) atoms. The molecule has 1 fully saturated rings. The third-order valence-corrected chi connectivity index (χ3v) is 3.43. The zero-order chi connectivity index (χ0) is 8.67. The smallest absolute Gasteiger partial charge is 0.112 e. The van der Waals surface area contributed by atoms with Crippen LogP contribution in [0.3, 0.4) is 0 Å². The number of aromatic nitrogens is 2. The van der Waals surface area contributed by atoms with Gasteiger partial charge in [0.25, 0.3) is 0 Å². The van der Waals surface area contributed by atoms with Crippen LogP contribution >= 0.6 is 0 Å².